The highest BCUT2D eigenvalue weighted by Crippen LogP contribution is 2.28. The number of fused-ring (bicyclic) bond motifs is 1. The second-order valence-corrected chi connectivity index (χ2v) is 7.38. The number of rotatable bonds is 4. The number of benzene rings is 2. The summed E-state index contributed by atoms with van der Waals surface area (Å²) in [5.74, 6) is 0.319. The fourth-order valence-electron chi connectivity index (χ4n) is 3.54. The van der Waals surface area contributed by atoms with Crippen molar-refractivity contribution in [3.05, 3.63) is 82.5 Å². The smallest absolute Gasteiger partial charge is 0.272 e. The standard InChI is InChI=1S/C22H20ClN3O2/c1-26(17-10-14-6-2-3-7-15(14)11-17)22(28)19-12-16(23)13-21(25-19)24-18-8-4-5-9-20(18)27/h2-9,12-13,17,27H,10-11H2,1H3,(H,24,25). The molecular weight excluding hydrogens is 374 g/mol. The number of aromatic hydroxyl groups is 1. The molecule has 0 radical (unpaired) electrons. The van der Waals surface area contributed by atoms with E-state index in [2.05, 4.69) is 22.4 Å². The van der Waals surface area contributed by atoms with Crippen molar-refractivity contribution in [3.8, 4) is 5.75 Å². The molecule has 1 heterocycles. The Bertz CT molecular complexity index is 1010. The maximum Gasteiger partial charge on any atom is 0.272 e. The summed E-state index contributed by atoms with van der Waals surface area (Å²) in [5, 5.41) is 13.4. The minimum Gasteiger partial charge on any atom is -0.506 e. The fourth-order valence-corrected chi connectivity index (χ4v) is 3.75. The maximum atomic E-state index is 13.0. The van der Waals surface area contributed by atoms with Crippen molar-refractivity contribution in [2.75, 3.05) is 12.4 Å². The number of carbonyl (C=O) groups excluding carboxylic acids is 1. The van der Waals surface area contributed by atoms with Gasteiger partial charge >= 0.3 is 0 Å². The molecule has 0 fully saturated rings. The molecule has 0 unspecified atom stereocenters. The van der Waals surface area contributed by atoms with Crippen molar-refractivity contribution in [1.82, 2.24) is 9.88 Å². The van der Waals surface area contributed by atoms with Crippen LogP contribution in [0.1, 0.15) is 21.6 Å². The number of pyridine rings is 1. The van der Waals surface area contributed by atoms with Crippen LogP contribution in [0.15, 0.2) is 60.7 Å². The van der Waals surface area contributed by atoms with Gasteiger partial charge < -0.3 is 15.3 Å². The number of nitrogens with zero attached hydrogens (tertiary/aromatic N) is 2. The Balaban J connectivity index is 1.55. The number of nitrogens with one attached hydrogen (secondary N) is 1. The van der Waals surface area contributed by atoms with Gasteiger partial charge in [0.1, 0.15) is 17.3 Å². The maximum absolute atomic E-state index is 13.0. The molecule has 1 aromatic heterocycles. The van der Waals surface area contributed by atoms with Crippen LogP contribution in [0.25, 0.3) is 0 Å². The molecule has 0 saturated carbocycles. The van der Waals surface area contributed by atoms with E-state index in [1.165, 1.54) is 11.1 Å². The minimum atomic E-state index is -0.180. The SMILES string of the molecule is CN(C(=O)c1cc(Cl)cc(Nc2ccccc2O)n1)C1Cc2ccccc2C1. The fraction of sp³-hybridized carbons (Fsp3) is 0.182. The zero-order chi connectivity index (χ0) is 19.7. The van der Waals surface area contributed by atoms with Crippen LogP contribution in [-0.2, 0) is 12.8 Å². The highest BCUT2D eigenvalue weighted by Gasteiger charge is 2.28. The van der Waals surface area contributed by atoms with Crippen LogP contribution in [0.5, 0.6) is 5.75 Å². The molecule has 142 valence electrons. The third-order valence-electron chi connectivity index (χ3n) is 5.07. The molecule has 1 aliphatic carbocycles. The lowest BCUT2D eigenvalue weighted by molar-refractivity contribution is 0.0732. The van der Waals surface area contributed by atoms with Crippen LogP contribution < -0.4 is 5.32 Å². The number of anilines is 2. The van der Waals surface area contributed by atoms with Crippen LogP contribution in [0.3, 0.4) is 0 Å². The van der Waals surface area contributed by atoms with E-state index in [9.17, 15) is 9.90 Å². The third-order valence-corrected chi connectivity index (χ3v) is 5.29. The first-order valence-corrected chi connectivity index (χ1v) is 9.45. The second-order valence-electron chi connectivity index (χ2n) is 6.94. The molecule has 28 heavy (non-hydrogen) atoms. The van der Waals surface area contributed by atoms with Crippen LogP contribution in [-0.4, -0.2) is 34.0 Å². The minimum absolute atomic E-state index is 0.0954. The van der Waals surface area contributed by atoms with E-state index in [1.807, 2.05) is 12.1 Å². The molecule has 1 aliphatic rings. The molecule has 0 bridgehead atoms. The summed E-state index contributed by atoms with van der Waals surface area (Å²) >= 11 is 6.22. The number of hydrogen-bond acceptors (Lipinski definition) is 4. The summed E-state index contributed by atoms with van der Waals surface area (Å²) in [6.45, 7) is 0. The normalized spacial score (nSPS) is 13.2. The number of hydrogen-bond donors (Lipinski definition) is 2. The molecular formula is C22H20ClN3O2. The van der Waals surface area contributed by atoms with Gasteiger partial charge in [0.05, 0.1) is 5.69 Å². The van der Waals surface area contributed by atoms with E-state index in [4.69, 9.17) is 11.6 Å². The lowest BCUT2D eigenvalue weighted by Crippen LogP contribution is -2.38. The van der Waals surface area contributed by atoms with Gasteiger partial charge in [-0.05, 0) is 48.2 Å². The van der Waals surface area contributed by atoms with E-state index in [1.54, 1.807) is 48.3 Å². The van der Waals surface area contributed by atoms with Gasteiger partial charge in [0.25, 0.3) is 5.91 Å². The number of likely N-dealkylation sites (N-methyl/N-ethyl adjacent to an activating group) is 1. The van der Waals surface area contributed by atoms with Crippen molar-refractivity contribution < 1.29 is 9.90 Å². The molecule has 2 aromatic carbocycles. The highest BCUT2D eigenvalue weighted by atomic mass is 35.5. The molecule has 5 nitrogen and oxygen atoms in total. The molecule has 4 rings (SSSR count). The van der Waals surface area contributed by atoms with Crippen molar-refractivity contribution in [2.24, 2.45) is 0 Å². The third kappa shape index (κ3) is 3.66. The number of para-hydroxylation sites is 2. The summed E-state index contributed by atoms with van der Waals surface area (Å²) in [4.78, 5) is 19.2. The predicted molar refractivity (Wildman–Crippen MR) is 110 cm³/mol. The molecule has 2 N–H and O–H groups in total. The first-order valence-electron chi connectivity index (χ1n) is 9.08. The number of halogens is 1. The summed E-state index contributed by atoms with van der Waals surface area (Å²) in [6, 6.07) is 18.4. The molecule has 6 heteroatoms. The van der Waals surface area contributed by atoms with E-state index >= 15 is 0 Å². The first-order chi connectivity index (χ1) is 13.5. The molecule has 3 aromatic rings. The second kappa shape index (κ2) is 7.52. The van der Waals surface area contributed by atoms with Crippen LogP contribution >= 0.6 is 11.6 Å². The monoisotopic (exact) mass is 393 g/mol. The van der Waals surface area contributed by atoms with Gasteiger partial charge in [-0.2, -0.15) is 0 Å². The largest absolute Gasteiger partial charge is 0.506 e. The van der Waals surface area contributed by atoms with E-state index in [0.29, 0.717) is 16.5 Å². The quantitative estimate of drug-likeness (QED) is 0.644. The number of amides is 1. The summed E-state index contributed by atoms with van der Waals surface area (Å²) in [7, 11) is 1.80. The van der Waals surface area contributed by atoms with Crippen LogP contribution in [0.4, 0.5) is 11.5 Å². The molecule has 1 amide bonds. The van der Waals surface area contributed by atoms with Gasteiger partial charge in [-0.3, -0.25) is 4.79 Å². The molecule has 0 spiro atoms. The van der Waals surface area contributed by atoms with Crippen LogP contribution in [0, 0.1) is 0 Å². The van der Waals surface area contributed by atoms with Gasteiger partial charge in [0, 0.05) is 18.1 Å². The molecule has 0 saturated heterocycles. The Morgan fingerprint density at radius 3 is 2.43 bits per heavy atom. The predicted octanol–water partition coefficient (Wildman–Crippen LogP) is 4.42. The summed E-state index contributed by atoms with van der Waals surface area (Å²) in [5.41, 5.74) is 3.33. The zero-order valence-corrected chi connectivity index (χ0v) is 16.1. The van der Waals surface area contributed by atoms with Gasteiger partial charge in [-0.25, -0.2) is 4.98 Å². The first kappa shape index (κ1) is 18.3. The Morgan fingerprint density at radius 1 is 1.11 bits per heavy atom. The Morgan fingerprint density at radius 2 is 1.75 bits per heavy atom. The number of carbonyl (C=O) groups is 1. The summed E-state index contributed by atoms with van der Waals surface area (Å²) in [6.07, 6.45) is 1.67. The number of phenolic OH excluding ortho intramolecular Hbond substituents is 1. The average Bonchev–Trinajstić information content (AvgIpc) is 3.12. The van der Waals surface area contributed by atoms with Gasteiger partial charge in [-0.15, -0.1) is 0 Å². The summed E-state index contributed by atoms with van der Waals surface area (Å²) < 4.78 is 0. The van der Waals surface area contributed by atoms with E-state index < -0.39 is 0 Å². The highest BCUT2D eigenvalue weighted by molar-refractivity contribution is 6.31. The molecule has 0 atom stereocenters. The zero-order valence-electron chi connectivity index (χ0n) is 15.4. The van der Waals surface area contributed by atoms with Crippen molar-refractivity contribution in [1.29, 1.82) is 0 Å². The van der Waals surface area contributed by atoms with E-state index in [0.717, 1.165) is 12.8 Å². The topological polar surface area (TPSA) is 65.5 Å². The van der Waals surface area contributed by atoms with Gasteiger partial charge in [0.2, 0.25) is 0 Å². The van der Waals surface area contributed by atoms with Gasteiger partial charge in [-0.1, -0.05) is 48.0 Å². The lowest BCUT2D eigenvalue weighted by Gasteiger charge is -2.24. The van der Waals surface area contributed by atoms with E-state index in [-0.39, 0.29) is 23.4 Å². The molecule has 0 aliphatic heterocycles. The Hall–Kier alpha value is -3.05. The Labute approximate surface area is 168 Å². The van der Waals surface area contributed by atoms with Crippen LogP contribution in [0.2, 0.25) is 5.02 Å². The van der Waals surface area contributed by atoms with Crippen molar-refractivity contribution in [3.63, 3.8) is 0 Å². The lowest BCUT2D eigenvalue weighted by atomic mass is 10.1. The van der Waals surface area contributed by atoms with Crippen molar-refractivity contribution >= 4 is 29.0 Å². The average molecular weight is 394 g/mol. The Kier molecular flexibility index (Phi) is 4.92. The number of phenols is 1. The van der Waals surface area contributed by atoms with Crippen molar-refractivity contribution in [2.45, 2.75) is 18.9 Å². The number of aromatic nitrogens is 1. The van der Waals surface area contributed by atoms with Gasteiger partial charge in [0.15, 0.2) is 0 Å².